The molecular formula is C11H19N4O2S+. The molecular weight excluding hydrogens is 252 g/mol. The van der Waals surface area contributed by atoms with E-state index in [-0.39, 0.29) is 16.2 Å². The normalized spacial score (nSPS) is 11.6. The van der Waals surface area contributed by atoms with Crippen LogP contribution < -0.4 is 10.5 Å². The lowest BCUT2D eigenvalue weighted by atomic mass is 10.3. The van der Waals surface area contributed by atoms with Gasteiger partial charge >= 0.3 is 0 Å². The first-order valence-electron chi connectivity index (χ1n) is 5.74. The zero-order chi connectivity index (χ0) is 13.7. The van der Waals surface area contributed by atoms with E-state index in [4.69, 9.17) is 12.2 Å². The molecule has 0 saturated heterocycles. The van der Waals surface area contributed by atoms with Gasteiger partial charge in [-0.25, -0.2) is 0 Å². The zero-order valence-electron chi connectivity index (χ0n) is 10.9. The summed E-state index contributed by atoms with van der Waals surface area (Å²) in [5.41, 5.74) is -0.277. The molecule has 7 heteroatoms. The fraction of sp³-hybridized carbons (Fsp3) is 0.545. The highest BCUT2D eigenvalue weighted by molar-refractivity contribution is 7.71. The molecule has 1 heterocycles. The van der Waals surface area contributed by atoms with Gasteiger partial charge in [-0.15, -0.1) is 0 Å². The Balaban J connectivity index is 2.79. The van der Waals surface area contributed by atoms with Crippen LogP contribution in [0.3, 0.4) is 0 Å². The lowest BCUT2D eigenvalue weighted by Gasteiger charge is -2.05. The molecule has 0 atom stereocenters. The van der Waals surface area contributed by atoms with Crippen LogP contribution in [0.5, 0.6) is 5.88 Å². The van der Waals surface area contributed by atoms with Gasteiger partial charge in [-0.1, -0.05) is 0 Å². The number of hydrogen-bond acceptors (Lipinski definition) is 4. The number of nitrogens with zero attached hydrogens (tertiary/aromatic N) is 2. The highest BCUT2D eigenvalue weighted by atomic mass is 32.1. The van der Waals surface area contributed by atoms with Gasteiger partial charge in [0.25, 0.3) is 5.56 Å². The monoisotopic (exact) mass is 271 g/mol. The maximum absolute atomic E-state index is 11.6. The summed E-state index contributed by atoms with van der Waals surface area (Å²) in [5.74, 6) is -0.161. The highest BCUT2D eigenvalue weighted by Crippen LogP contribution is 2.08. The first-order chi connectivity index (χ1) is 8.43. The summed E-state index contributed by atoms with van der Waals surface area (Å²) in [7, 11) is 5.73. The maximum atomic E-state index is 11.6. The second-order valence-electron chi connectivity index (χ2n) is 4.40. The van der Waals surface area contributed by atoms with Crippen LogP contribution in [0.15, 0.2) is 9.79 Å². The smallest absolute Gasteiger partial charge is 0.264 e. The molecule has 6 nitrogen and oxygen atoms in total. The van der Waals surface area contributed by atoms with Crippen LogP contribution in [-0.2, 0) is 7.05 Å². The lowest BCUT2D eigenvalue weighted by Crippen LogP contribution is -3.05. The molecule has 0 unspecified atom stereocenters. The fourth-order valence-electron chi connectivity index (χ4n) is 1.42. The van der Waals surface area contributed by atoms with Crippen molar-refractivity contribution in [2.45, 2.75) is 6.42 Å². The molecule has 0 bridgehead atoms. The highest BCUT2D eigenvalue weighted by Gasteiger charge is 2.07. The van der Waals surface area contributed by atoms with Crippen LogP contribution in [0.1, 0.15) is 12.0 Å². The molecule has 0 spiro atoms. The van der Waals surface area contributed by atoms with Crippen LogP contribution in [0, 0.1) is 4.77 Å². The van der Waals surface area contributed by atoms with Gasteiger partial charge in [0.1, 0.15) is 5.56 Å². The standard InChI is InChI=1S/C11H18N4O2S/c1-14(2)6-4-5-12-7-8-9(16)13-11(18)15(3)10(8)17/h7,17H,4-6H2,1-3H3,(H,13,16,18)/p+1. The van der Waals surface area contributed by atoms with Crippen molar-refractivity contribution in [3.63, 3.8) is 0 Å². The Morgan fingerprint density at radius 3 is 2.83 bits per heavy atom. The van der Waals surface area contributed by atoms with Crippen molar-refractivity contribution in [2.75, 3.05) is 27.2 Å². The maximum Gasteiger partial charge on any atom is 0.264 e. The molecule has 0 aliphatic heterocycles. The number of nitrogens with one attached hydrogen (secondary N) is 2. The van der Waals surface area contributed by atoms with E-state index in [1.165, 1.54) is 15.7 Å². The molecule has 0 aromatic carbocycles. The fourth-order valence-corrected chi connectivity index (χ4v) is 1.60. The van der Waals surface area contributed by atoms with Crippen LogP contribution in [0.2, 0.25) is 0 Å². The Hall–Kier alpha value is -1.47. The average Bonchev–Trinajstić information content (AvgIpc) is 2.29. The molecule has 3 N–H and O–H groups in total. The second-order valence-corrected chi connectivity index (χ2v) is 4.79. The molecule has 0 aliphatic rings. The van der Waals surface area contributed by atoms with Crippen LogP contribution >= 0.6 is 12.2 Å². The Morgan fingerprint density at radius 2 is 2.22 bits per heavy atom. The predicted molar refractivity (Wildman–Crippen MR) is 73.3 cm³/mol. The average molecular weight is 271 g/mol. The largest absolute Gasteiger partial charge is 0.494 e. The molecule has 0 fully saturated rings. The number of H-pyrrole nitrogens is 1. The third-order valence-corrected chi connectivity index (χ3v) is 2.89. The van der Waals surface area contributed by atoms with Gasteiger partial charge in [-0.05, 0) is 12.2 Å². The first kappa shape index (κ1) is 14.6. The molecule has 18 heavy (non-hydrogen) atoms. The third kappa shape index (κ3) is 3.78. The molecule has 0 radical (unpaired) electrons. The van der Waals surface area contributed by atoms with Gasteiger partial charge in [-0.3, -0.25) is 19.3 Å². The second kappa shape index (κ2) is 6.46. The van der Waals surface area contributed by atoms with E-state index in [9.17, 15) is 9.90 Å². The van der Waals surface area contributed by atoms with E-state index in [1.807, 2.05) is 0 Å². The molecule has 0 saturated carbocycles. The summed E-state index contributed by atoms with van der Waals surface area (Å²) >= 11 is 4.87. The van der Waals surface area contributed by atoms with Gasteiger partial charge in [0.2, 0.25) is 5.88 Å². The van der Waals surface area contributed by atoms with Crippen molar-refractivity contribution >= 4 is 18.4 Å². The van der Waals surface area contributed by atoms with E-state index < -0.39 is 5.56 Å². The Bertz CT molecular complexity index is 545. The molecule has 100 valence electrons. The quantitative estimate of drug-likeness (QED) is 0.369. The topological polar surface area (TPSA) is 74.8 Å². The molecule has 0 aliphatic carbocycles. The Labute approximate surface area is 111 Å². The Morgan fingerprint density at radius 1 is 1.56 bits per heavy atom. The number of hydrogen-bond donors (Lipinski definition) is 3. The SMILES string of the molecule is Cn1c(O)c(C=NCCC[NH+](C)C)c(=O)[nH]c1=S. The number of quaternary nitrogens is 1. The minimum Gasteiger partial charge on any atom is -0.494 e. The molecule has 1 aromatic heterocycles. The zero-order valence-corrected chi connectivity index (χ0v) is 11.7. The van der Waals surface area contributed by atoms with E-state index >= 15 is 0 Å². The summed E-state index contributed by atoms with van der Waals surface area (Å²) in [5, 5.41) is 9.78. The van der Waals surface area contributed by atoms with Crippen molar-refractivity contribution in [3.05, 3.63) is 20.7 Å². The van der Waals surface area contributed by atoms with E-state index in [0.717, 1.165) is 13.0 Å². The van der Waals surface area contributed by atoms with Gasteiger partial charge in [-0.2, -0.15) is 0 Å². The number of aromatic amines is 1. The van der Waals surface area contributed by atoms with Crippen molar-refractivity contribution in [1.82, 2.24) is 9.55 Å². The molecule has 1 rings (SSSR count). The third-order valence-electron chi connectivity index (χ3n) is 2.51. The van der Waals surface area contributed by atoms with Gasteiger partial charge < -0.3 is 10.0 Å². The van der Waals surface area contributed by atoms with Gasteiger partial charge in [0, 0.05) is 26.2 Å². The van der Waals surface area contributed by atoms with E-state index in [2.05, 4.69) is 24.1 Å². The molecule has 1 aromatic rings. The summed E-state index contributed by atoms with van der Waals surface area (Å²) in [6.07, 6.45) is 2.33. The van der Waals surface area contributed by atoms with Crippen LogP contribution in [0.4, 0.5) is 0 Å². The van der Waals surface area contributed by atoms with Gasteiger partial charge in [0.15, 0.2) is 4.77 Å². The van der Waals surface area contributed by atoms with E-state index in [1.54, 1.807) is 7.05 Å². The lowest BCUT2D eigenvalue weighted by molar-refractivity contribution is -0.858. The van der Waals surface area contributed by atoms with Crippen LogP contribution in [-0.4, -0.2) is 48.1 Å². The first-order valence-corrected chi connectivity index (χ1v) is 6.15. The summed E-state index contributed by atoms with van der Waals surface area (Å²) < 4.78 is 1.52. The summed E-state index contributed by atoms with van der Waals surface area (Å²) in [6, 6.07) is 0. The predicted octanol–water partition coefficient (Wildman–Crippen LogP) is -0.898. The van der Waals surface area contributed by atoms with Gasteiger partial charge in [0.05, 0.1) is 20.6 Å². The molecule has 0 amide bonds. The Kier molecular flexibility index (Phi) is 5.24. The van der Waals surface area contributed by atoms with Crippen molar-refractivity contribution in [1.29, 1.82) is 0 Å². The van der Waals surface area contributed by atoms with E-state index in [0.29, 0.717) is 6.54 Å². The number of aromatic hydroxyl groups is 1. The van der Waals surface area contributed by atoms with Crippen molar-refractivity contribution < 1.29 is 10.0 Å². The minimum absolute atomic E-state index is 0.142. The van der Waals surface area contributed by atoms with Crippen molar-refractivity contribution in [2.24, 2.45) is 12.0 Å². The number of aromatic nitrogens is 2. The number of rotatable bonds is 5. The van der Waals surface area contributed by atoms with Crippen molar-refractivity contribution in [3.8, 4) is 5.88 Å². The van der Waals surface area contributed by atoms with Crippen LogP contribution in [0.25, 0.3) is 0 Å². The minimum atomic E-state index is -0.419. The number of aliphatic imine (C=N–C) groups is 1. The summed E-state index contributed by atoms with van der Waals surface area (Å²) in [4.78, 5) is 19.6. The summed E-state index contributed by atoms with van der Waals surface area (Å²) in [6.45, 7) is 1.64.